The van der Waals surface area contributed by atoms with Crippen LogP contribution >= 0.6 is 34.5 Å². The Morgan fingerprint density at radius 1 is 1.12 bits per heavy atom. The number of nitrogens with zero attached hydrogens (tertiary/aromatic N) is 3. The van der Waals surface area contributed by atoms with E-state index in [4.69, 9.17) is 28.2 Å². The number of nitrogens with one attached hydrogen (secondary N) is 1. The van der Waals surface area contributed by atoms with Crippen molar-refractivity contribution >= 4 is 56.3 Å². The summed E-state index contributed by atoms with van der Waals surface area (Å²) >= 11 is 13.9. The molecule has 2 aromatic heterocycles. The second-order valence-electron chi connectivity index (χ2n) is 8.44. The summed E-state index contributed by atoms with van der Waals surface area (Å²) in [5.74, 6) is 0.319. The molecule has 1 aliphatic carbocycles. The molecule has 1 saturated heterocycles. The van der Waals surface area contributed by atoms with Gasteiger partial charge in [0.05, 0.1) is 27.7 Å². The minimum atomic E-state index is -0.329. The summed E-state index contributed by atoms with van der Waals surface area (Å²) in [6, 6.07) is 5.08. The number of halogens is 2. The molecular formula is C23H24Cl2N4O2S. The summed E-state index contributed by atoms with van der Waals surface area (Å²) in [7, 11) is 0. The van der Waals surface area contributed by atoms with Crippen LogP contribution in [-0.2, 0) is 30.7 Å². The number of likely N-dealkylation sites (tertiary alicyclic amines) is 1. The summed E-state index contributed by atoms with van der Waals surface area (Å²) < 4.78 is 1.55. The van der Waals surface area contributed by atoms with Gasteiger partial charge in [0.1, 0.15) is 17.2 Å². The fourth-order valence-corrected chi connectivity index (χ4v) is 6.26. The zero-order valence-electron chi connectivity index (χ0n) is 17.6. The van der Waals surface area contributed by atoms with Crippen molar-refractivity contribution in [1.82, 2.24) is 14.5 Å². The molecule has 9 heteroatoms. The number of fused-ring (bicyclic) bond motifs is 3. The molecule has 0 bridgehead atoms. The van der Waals surface area contributed by atoms with Gasteiger partial charge in [0, 0.05) is 4.88 Å². The summed E-state index contributed by atoms with van der Waals surface area (Å²) in [5.41, 5.74) is 1.45. The van der Waals surface area contributed by atoms with E-state index in [0.29, 0.717) is 28.5 Å². The van der Waals surface area contributed by atoms with Gasteiger partial charge in [-0.1, -0.05) is 29.3 Å². The minimum absolute atomic E-state index is 0.113. The zero-order valence-corrected chi connectivity index (χ0v) is 20.0. The maximum Gasteiger partial charge on any atom is 0.263 e. The highest BCUT2D eigenvalue weighted by atomic mass is 35.5. The number of hydrogen-bond donors (Lipinski definition) is 1. The Bertz CT molecular complexity index is 1250. The van der Waals surface area contributed by atoms with E-state index >= 15 is 0 Å². The molecule has 168 valence electrons. The number of benzene rings is 1. The SMILES string of the molecule is O=C(Cn1c(CN2CCCC2)nc2sc3c(c2c1=O)CCCC3)Nc1cccc(Cl)c1Cl. The van der Waals surface area contributed by atoms with E-state index in [2.05, 4.69) is 10.2 Å². The van der Waals surface area contributed by atoms with Crippen molar-refractivity contribution in [3.05, 3.63) is 54.9 Å². The van der Waals surface area contributed by atoms with Gasteiger partial charge in [0.25, 0.3) is 5.56 Å². The van der Waals surface area contributed by atoms with Crippen molar-refractivity contribution in [2.45, 2.75) is 51.6 Å². The van der Waals surface area contributed by atoms with Crippen molar-refractivity contribution in [1.29, 1.82) is 0 Å². The first kappa shape index (κ1) is 21.9. The molecule has 1 N–H and O–H groups in total. The molecule has 1 fully saturated rings. The molecule has 0 saturated carbocycles. The third kappa shape index (κ3) is 4.19. The van der Waals surface area contributed by atoms with E-state index in [9.17, 15) is 9.59 Å². The van der Waals surface area contributed by atoms with Crippen LogP contribution in [0.4, 0.5) is 5.69 Å². The molecule has 0 spiro atoms. The number of anilines is 1. The summed E-state index contributed by atoms with van der Waals surface area (Å²) in [5, 5.41) is 4.15. The maximum absolute atomic E-state index is 13.6. The normalized spacial score (nSPS) is 16.4. The van der Waals surface area contributed by atoms with Crippen LogP contribution in [0.2, 0.25) is 10.0 Å². The van der Waals surface area contributed by atoms with Gasteiger partial charge in [-0.15, -0.1) is 11.3 Å². The molecule has 2 aliphatic rings. The Hall–Kier alpha value is -1.93. The monoisotopic (exact) mass is 490 g/mol. The van der Waals surface area contributed by atoms with Crippen LogP contribution in [0, 0.1) is 0 Å². The highest BCUT2D eigenvalue weighted by Gasteiger charge is 2.24. The first-order valence-corrected chi connectivity index (χ1v) is 12.6. The lowest BCUT2D eigenvalue weighted by atomic mass is 9.97. The Morgan fingerprint density at radius 2 is 1.91 bits per heavy atom. The number of rotatable bonds is 5. The number of amides is 1. The van der Waals surface area contributed by atoms with Gasteiger partial charge in [-0.25, -0.2) is 4.98 Å². The molecule has 1 aromatic carbocycles. The number of aryl methyl sites for hydroxylation is 2. The molecule has 1 amide bonds. The Kier molecular flexibility index (Phi) is 6.25. The number of carbonyl (C=O) groups excluding carboxylic acids is 1. The summed E-state index contributed by atoms with van der Waals surface area (Å²) in [4.78, 5) is 35.9. The Balaban J connectivity index is 1.53. The van der Waals surface area contributed by atoms with Gasteiger partial charge in [-0.05, 0) is 69.3 Å². The van der Waals surface area contributed by atoms with Crippen LogP contribution in [0.25, 0.3) is 10.2 Å². The van der Waals surface area contributed by atoms with Crippen LogP contribution in [0.1, 0.15) is 41.9 Å². The average molecular weight is 491 g/mol. The van der Waals surface area contributed by atoms with Gasteiger partial charge in [-0.3, -0.25) is 19.1 Å². The lowest BCUT2D eigenvalue weighted by Gasteiger charge is -2.18. The Labute approximate surface area is 200 Å². The van der Waals surface area contributed by atoms with Gasteiger partial charge >= 0.3 is 0 Å². The van der Waals surface area contributed by atoms with Crippen LogP contribution in [0.3, 0.4) is 0 Å². The molecule has 0 radical (unpaired) electrons. The molecule has 0 atom stereocenters. The lowest BCUT2D eigenvalue weighted by Crippen LogP contribution is -2.34. The second kappa shape index (κ2) is 9.14. The van der Waals surface area contributed by atoms with Crippen LogP contribution in [0.15, 0.2) is 23.0 Å². The summed E-state index contributed by atoms with van der Waals surface area (Å²) in [6.45, 7) is 2.43. The fourth-order valence-electron chi connectivity index (χ4n) is 4.64. The van der Waals surface area contributed by atoms with Crippen molar-refractivity contribution in [3.63, 3.8) is 0 Å². The van der Waals surface area contributed by atoms with E-state index < -0.39 is 0 Å². The van der Waals surface area contributed by atoms with Crippen molar-refractivity contribution in [2.75, 3.05) is 18.4 Å². The summed E-state index contributed by atoms with van der Waals surface area (Å²) in [6.07, 6.45) is 6.44. The number of hydrogen-bond acceptors (Lipinski definition) is 5. The predicted octanol–water partition coefficient (Wildman–Crippen LogP) is 4.88. The molecule has 32 heavy (non-hydrogen) atoms. The standard InChI is InChI=1S/C23H24Cl2N4O2S/c24-15-7-5-8-16(21(15)25)26-19(30)13-29-18(12-28-10-3-4-11-28)27-22-20(23(29)31)14-6-1-2-9-17(14)32-22/h5,7-8H,1-4,6,9-13H2,(H,26,30). The second-order valence-corrected chi connectivity index (χ2v) is 10.3. The topological polar surface area (TPSA) is 67.2 Å². The zero-order chi connectivity index (χ0) is 22.2. The Morgan fingerprint density at radius 3 is 2.72 bits per heavy atom. The van der Waals surface area contributed by atoms with E-state index in [1.165, 1.54) is 4.88 Å². The number of aromatic nitrogens is 2. The van der Waals surface area contributed by atoms with Crippen molar-refractivity contribution in [2.24, 2.45) is 0 Å². The van der Waals surface area contributed by atoms with Gasteiger partial charge < -0.3 is 5.32 Å². The van der Waals surface area contributed by atoms with Crippen molar-refractivity contribution < 1.29 is 4.79 Å². The van der Waals surface area contributed by atoms with E-state index in [1.54, 1.807) is 34.1 Å². The number of carbonyl (C=O) groups is 1. The molecular weight excluding hydrogens is 467 g/mol. The molecule has 6 nitrogen and oxygen atoms in total. The predicted molar refractivity (Wildman–Crippen MR) is 130 cm³/mol. The smallest absolute Gasteiger partial charge is 0.263 e. The first-order chi connectivity index (χ1) is 15.5. The molecule has 3 heterocycles. The van der Waals surface area contributed by atoms with Crippen molar-refractivity contribution in [3.8, 4) is 0 Å². The van der Waals surface area contributed by atoms with Crippen LogP contribution in [0.5, 0.6) is 0 Å². The van der Waals surface area contributed by atoms with E-state index in [0.717, 1.165) is 62.0 Å². The first-order valence-electron chi connectivity index (χ1n) is 11.0. The largest absolute Gasteiger partial charge is 0.323 e. The highest BCUT2D eigenvalue weighted by Crippen LogP contribution is 2.34. The van der Waals surface area contributed by atoms with Gasteiger partial charge in [0.15, 0.2) is 0 Å². The fraction of sp³-hybridized carbons (Fsp3) is 0.435. The van der Waals surface area contributed by atoms with Crippen LogP contribution in [-0.4, -0.2) is 33.4 Å². The van der Waals surface area contributed by atoms with Gasteiger partial charge in [-0.2, -0.15) is 0 Å². The molecule has 1 aliphatic heterocycles. The molecule has 3 aromatic rings. The van der Waals surface area contributed by atoms with Gasteiger partial charge in [0.2, 0.25) is 5.91 Å². The van der Waals surface area contributed by atoms with E-state index in [-0.39, 0.29) is 23.0 Å². The highest BCUT2D eigenvalue weighted by molar-refractivity contribution is 7.18. The minimum Gasteiger partial charge on any atom is -0.323 e. The van der Waals surface area contributed by atoms with E-state index in [1.807, 2.05) is 0 Å². The number of thiophene rings is 1. The molecule has 5 rings (SSSR count). The lowest BCUT2D eigenvalue weighted by molar-refractivity contribution is -0.116. The third-order valence-corrected chi connectivity index (χ3v) is 8.25. The maximum atomic E-state index is 13.6. The third-order valence-electron chi connectivity index (χ3n) is 6.25. The quantitative estimate of drug-likeness (QED) is 0.553. The average Bonchev–Trinajstić information content (AvgIpc) is 3.41. The van der Waals surface area contributed by atoms with Crippen LogP contribution < -0.4 is 10.9 Å². The molecule has 0 unspecified atom stereocenters.